The molecule has 37 heavy (non-hydrogen) atoms. The van der Waals surface area contributed by atoms with Gasteiger partial charge in [0.2, 0.25) is 10.0 Å². The van der Waals surface area contributed by atoms with E-state index in [-0.39, 0.29) is 23.6 Å². The van der Waals surface area contributed by atoms with Crippen molar-refractivity contribution in [3.8, 4) is 0 Å². The quantitative estimate of drug-likeness (QED) is 0.588. The summed E-state index contributed by atoms with van der Waals surface area (Å²) in [5.41, 5.74) is 3.04. The van der Waals surface area contributed by atoms with Crippen LogP contribution < -0.4 is 0 Å². The number of sulfonamides is 1. The van der Waals surface area contributed by atoms with Crippen molar-refractivity contribution in [3.63, 3.8) is 0 Å². The van der Waals surface area contributed by atoms with Crippen LogP contribution in [-0.2, 0) is 23.1 Å². The lowest BCUT2D eigenvalue weighted by Gasteiger charge is -2.44. The zero-order valence-corrected chi connectivity index (χ0v) is 22.5. The molecule has 1 N–H and O–H groups in total. The minimum Gasteiger partial charge on any atom is -0.478 e. The van der Waals surface area contributed by atoms with Crippen LogP contribution in [0.2, 0.25) is 0 Å². The fourth-order valence-corrected chi connectivity index (χ4v) is 6.23. The summed E-state index contributed by atoms with van der Waals surface area (Å²) in [5, 5.41) is 9.11. The van der Waals surface area contributed by atoms with Gasteiger partial charge in [-0.05, 0) is 49.2 Å². The third-order valence-corrected chi connectivity index (χ3v) is 8.52. The van der Waals surface area contributed by atoms with E-state index in [4.69, 9.17) is 5.11 Å². The van der Waals surface area contributed by atoms with E-state index in [1.54, 1.807) is 12.1 Å². The molecule has 1 amide bonds. The van der Waals surface area contributed by atoms with Crippen LogP contribution in [-0.4, -0.2) is 102 Å². The average molecular weight is 529 g/mol. The Hall–Kier alpha value is -2.79. The molecule has 9 nitrogen and oxygen atoms in total. The van der Waals surface area contributed by atoms with Gasteiger partial charge >= 0.3 is 5.97 Å². The Bertz CT molecular complexity index is 1210. The number of carbonyl (C=O) groups is 2. The Morgan fingerprint density at radius 1 is 0.838 bits per heavy atom. The first-order chi connectivity index (χ1) is 17.5. The number of carbonyl (C=O) groups excluding carboxylic acids is 1. The number of piperazine rings is 2. The summed E-state index contributed by atoms with van der Waals surface area (Å²) in [6.07, 6.45) is 1.25. The standard InChI is InChI=1S/C27H36N4O5S/c1-20-16-29(18-22-7-9-24(10-8-22)27(33)34)17-21(2)31(20)26(32)25-6-4-5-23(15-25)19-28-11-13-30(14-12-28)37(3,35)36/h4-10,15,20-21H,11-14,16-19H2,1-3H3,(H,33,34)/t20-,21+. The van der Waals surface area contributed by atoms with Gasteiger partial charge in [0, 0.05) is 70.0 Å². The highest BCUT2D eigenvalue weighted by molar-refractivity contribution is 7.88. The molecule has 2 heterocycles. The van der Waals surface area contributed by atoms with Crippen molar-refractivity contribution < 1.29 is 23.1 Å². The predicted molar refractivity (Wildman–Crippen MR) is 142 cm³/mol. The Morgan fingerprint density at radius 2 is 1.43 bits per heavy atom. The first-order valence-electron chi connectivity index (χ1n) is 12.6. The van der Waals surface area contributed by atoms with Crippen molar-refractivity contribution in [3.05, 3.63) is 70.8 Å². The zero-order chi connectivity index (χ0) is 26.7. The van der Waals surface area contributed by atoms with Gasteiger partial charge in [0.05, 0.1) is 11.8 Å². The van der Waals surface area contributed by atoms with Gasteiger partial charge in [-0.2, -0.15) is 4.31 Å². The van der Waals surface area contributed by atoms with Crippen LogP contribution in [0, 0.1) is 0 Å². The van der Waals surface area contributed by atoms with E-state index in [2.05, 4.69) is 23.6 Å². The van der Waals surface area contributed by atoms with Crippen molar-refractivity contribution >= 4 is 21.9 Å². The van der Waals surface area contributed by atoms with Gasteiger partial charge in [0.1, 0.15) is 0 Å². The third kappa shape index (κ3) is 6.75. The number of nitrogens with zero attached hydrogens (tertiary/aromatic N) is 4. The second-order valence-electron chi connectivity index (χ2n) is 10.2. The van der Waals surface area contributed by atoms with Crippen molar-refractivity contribution in [1.82, 2.24) is 19.0 Å². The molecule has 4 rings (SSSR count). The summed E-state index contributed by atoms with van der Waals surface area (Å²) < 4.78 is 25.0. The van der Waals surface area contributed by atoms with E-state index < -0.39 is 16.0 Å². The maximum absolute atomic E-state index is 13.5. The van der Waals surface area contributed by atoms with Gasteiger partial charge in [0.25, 0.3) is 5.91 Å². The number of carboxylic acids is 1. The van der Waals surface area contributed by atoms with E-state index in [1.165, 1.54) is 10.6 Å². The Labute approximate surface area is 219 Å². The number of amides is 1. The Balaban J connectivity index is 1.36. The van der Waals surface area contributed by atoms with E-state index >= 15 is 0 Å². The highest BCUT2D eigenvalue weighted by atomic mass is 32.2. The van der Waals surface area contributed by atoms with Crippen LogP contribution in [0.3, 0.4) is 0 Å². The van der Waals surface area contributed by atoms with Crippen molar-refractivity contribution in [2.45, 2.75) is 39.0 Å². The molecule has 0 spiro atoms. The normalized spacial score (nSPS) is 22.2. The number of carboxylic acid groups (broad SMARTS) is 1. The number of rotatable bonds is 7. The molecule has 2 aliphatic heterocycles. The van der Waals surface area contributed by atoms with Crippen molar-refractivity contribution in [2.75, 3.05) is 45.5 Å². The van der Waals surface area contributed by atoms with Crippen LogP contribution in [0.5, 0.6) is 0 Å². The lowest BCUT2D eigenvalue weighted by atomic mass is 10.0. The molecule has 0 unspecified atom stereocenters. The number of benzene rings is 2. The van der Waals surface area contributed by atoms with E-state index in [9.17, 15) is 18.0 Å². The van der Waals surface area contributed by atoms with Crippen LogP contribution in [0.4, 0.5) is 0 Å². The third-order valence-electron chi connectivity index (χ3n) is 7.22. The molecule has 0 aromatic heterocycles. The molecule has 0 saturated carbocycles. The smallest absolute Gasteiger partial charge is 0.335 e. The zero-order valence-electron chi connectivity index (χ0n) is 21.7. The van der Waals surface area contributed by atoms with E-state index in [0.29, 0.717) is 44.8 Å². The van der Waals surface area contributed by atoms with Gasteiger partial charge in [-0.1, -0.05) is 24.3 Å². The summed E-state index contributed by atoms with van der Waals surface area (Å²) in [4.78, 5) is 31.1. The largest absolute Gasteiger partial charge is 0.478 e. The molecular weight excluding hydrogens is 492 g/mol. The fourth-order valence-electron chi connectivity index (χ4n) is 5.40. The molecule has 0 aliphatic carbocycles. The van der Waals surface area contributed by atoms with Gasteiger partial charge < -0.3 is 10.0 Å². The van der Waals surface area contributed by atoms with Crippen LogP contribution in [0.15, 0.2) is 48.5 Å². The topological polar surface area (TPSA) is 101 Å². The second kappa shape index (κ2) is 11.3. The summed E-state index contributed by atoms with van der Waals surface area (Å²) in [6.45, 7) is 9.30. The maximum Gasteiger partial charge on any atom is 0.335 e. The first-order valence-corrected chi connectivity index (χ1v) is 14.5. The molecule has 2 aromatic rings. The molecule has 2 aliphatic rings. The molecule has 2 aromatic carbocycles. The minimum atomic E-state index is -3.16. The van der Waals surface area contributed by atoms with E-state index in [1.807, 2.05) is 41.3 Å². The Kier molecular flexibility index (Phi) is 8.33. The molecule has 10 heteroatoms. The maximum atomic E-state index is 13.5. The lowest BCUT2D eigenvalue weighted by molar-refractivity contribution is 0.0268. The fraction of sp³-hybridized carbons (Fsp3) is 0.481. The van der Waals surface area contributed by atoms with Gasteiger partial charge in [0.15, 0.2) is 0 Å². The first kappa shape index (κ1) is 27.3. The number of hydrogen-bond acceptors (Lipinski definition) is 6. The van der Waals surface area contributed by atoms with Gasteiger partial charge in [-0.15, -0.1) is 0 Å². The highest BCUT2D eigenvalue weighted by Crippen LogP contribution is 2.22. The average Bonchev–Trinajstić information content (AvgIpc) is 2.84. The minimum absolute atomic E-state index is 0.0224. The van der Waals surface area contributed by atoms with Crippen LogP contribution >= 0.6 is 0 Å². The highest BCUT2D eigenvalue weighted by Gasteiger charge is 2.33. The van der Waals surface area contributed by atoms with Crippen molar-refractivity contribution in [1.29, 1.82) is 0 Å². The number of hydrogen-bond donors (Lipinski definition) is 1. The molecule has 0 bridgehead atoms. The molecule has 2 saturated heterocycles. The SMILES string of the molecule is C[C@@H]1CN(Cc2ccc(C(=O)O)cc2)C[C@H](C)N1C(=O)c1cccc(CN2CCN(S(C)(=O)=O)CC2)c1. The lowest BCUT2D eigenvalue weighted by Crippen LogP contribution is -2.58. The van der Waals surface area contributed by atoms with E-state index in [0.717, 1.165) is 24.2 Å². The van der Waals surface area contributed by atoms with Crippen LogP contribution in [0.1, 0.15) is 45.7 Å². The second-order valence-corrected chi connectivity index (χ2v) is 12.2. The molecule has 0 radical (unpaired) electrons. The molecule has 200 valence electrons. The predicted octanol–water partition coefficient (Wildman–Crippen LogP) is 2.20. The van der Waals surface area contributed by atoms with Gasteiger partial charge in [-0.3, -0.25) is 14.6 Å². The summed E-state index contributed by atoms with van der Waals surface area (Å²) in [7, 11) is -3.16. The molecular formula is C27H36N4O5S. The number of aromatic carboxylic acids is 1. The molecule has 2 fully saturated rings. The summed E-state index contributed by atoms with van der Waals surface area (Å²) >= 11 is 0. The van der Waals surface area contributed by atoms with Crippen LogP contribution in [0.25, 0.3) is 0 Å². The monoisotopic (exact) mass is 528 g/mol. The Morgan fingerprint density at radius 3 is 2.00 bits per heavy atom. The molecule has 2 atom stereocenters. The van der Waals surface area contributed by atoms with Crippen molar-refractivity contribution in [2.24, 2.45) is 0 Å². The summed E-state index contributed by atoms with van der Waals surface area (Å²) in [6, 6.07) is 14.8. The summed E-state index contributed by atoms with van der Waals surface area (Å²) in [5.74, 6) is -0.909. The van der Waals surface area contributed by atoms with Gasteiger partial charge in [-0.25, -0.2) is 13.2 Å².